The van der Waals surface area contributed by atoms with E-state index in [9.17, 15) is 10.1 Å². The van der Waals surface area contributed by atoms with Crippen LogP contribution in [0.5, 0.6) is 0 Å². The van der Waals surface area contributed by atoms with Crippen molar-refractivity contribution in [2.75, 3.05) is 11.9 Å². The van der Waals surface area contributed by atoms with E-state index in [2.05, 4.69) is 20.6 Å². The lowest BCUT2D eigenvalue weighted by Gasteiger charge is -2.00. The van der Waals surface area contributed by atoms with Gasteiger partial charge in [0.1, 0.15) is 5.52 Å². The molecule has 102 valence electrons. The van der Waals surface area contributed by atoms with Crippen LogP contribution in [-0.4, -0.2) is 31.4 Å². The summed E-state index contributed by atoms with van der Waals surface area (Å²) in [4.78, 5) is 14.4. The van der Waals surface area contributed by atoms with Crippen LogP contribution in [0.3, 0.4) is 0 Å². The molecule has 0 spiro atoms. The van der Waals surface area contributed by atoms with Crippen molar-refractivity contribution in [1.29, 1.82) is 0 Å². The van der Waals surface area contributed by atoms with E-state index in [0.717, 1.165) is 0 Å². The number of non-ortho nitro benzene ring substituents is 1. The molecule has 0 bridgehead atoms. The fourth-order valence-electron chi connectivity index (χ4n) is 1.73. The monoisotopic (exact) mass is 274 g/mol. The lowest BCUT2D eigenvalue weighted by Crippen LogP contribution is -2.11. The quantitative estimate of drug-likeness (QED) is 0.553. The summed E-state index contributed by atoms with van der Waals surface area (Å²) < 4.78 is 7.10. The maximum absolute atomic E-state index is 10.7. The van der Waals surface area contributed by atoms with Crippen molar-refractivity contribution in [3.05, 3.63) is 40.7 Å². The molecule has 0 unspecified atom stereocenters. The Balaban J connectivity index is 1.70. The lowest BCUT2D eigenvalue weighted by molar-refractivity contribution is -0.384. The minimum Gasteiger partial charge on any atom is -0.424 e. The van der Waals surface area contributed by atoms with E-state index >= 15 is 0 Å². The molecule has 3 rings (SSSR count). The van der Waals surface area contributed by atoms with Gasteiger partial charge in [-0.15, -0.1) is 5.10 Å². The lowest BCUT2D eigenvalue weighted by atomic mass is 10.3. The number of nitrogens with zero attached hydrogens (tertiary/aromatic N) is 5. The third-order valence-electron chi connectivity index (χ3n) is 2.67. The van der Waals surface area contributed by atoms with Gasteiger partial charge in [0, 0.05) is 24.9 Å². The van der Waals surface area contributed by atoms with Crippen LogP contribution >= 0.6 is 0 Å². The third kappa shape index (κ3) is 2.41. The highest BCUT2D eigenvalue weighted by Crippen LogP contribution is 2.23. The van der Waals surface area contributed by atoms with Crippen molar-refractivity contribution in [3.8, 4) is 0 Å². The van der Waals surface area contributed by atoms with Crippen molar-refractivity contribution in [2.45, 2.75) is 6.54 Å². The van der Waals surface area contributed by atoms with E-state index in [1.165, 1.54) is 18.2 Å². The van der Waals surface area contributed by atoms with Crippen LogP contribution in [0.1, 0.15) is 0 Å². The summed E-state index contributed by atoms with van der Waals surface area (Å²) in [5.74, 6) is 0. The van der Waals surface area contributed by atoms with Crippen molar-refractivity contribution >= 4 is 22.8 Å². The maximum atomic E-state index is 10.7. The smallest absolute Gasteiger partial charge is 0.295 e. The van der Waals surface area contributed by atoms with E-state index in [-0.39, 0.29) is 5.69 Å². The molecule has 0 radical (unpaired) electrons. The minimum absolute atomic E-state index is 0.0139. The molecule has 9 heteroatoms. The van der Waals surface area contributed by atoms with Gasteiger partial charge in [-0.05, 0) is 6.07 Å². The van der Waals surface area contributed by atoms with Crippen LogP contribution in [0.25, 0.3) is 11.1 Å². The van der Waals surface area contributed by atoms with Gasteiger partial charge in [-0.2, -0.15) is 4.98 Å². The van der Waals surface area contributed by atoms with Gasteiger partial charge in [0.15, 0.2) is 5.58 Å². The zero-order chi connectivity index (χ0) is 13.9. The molecule has 0 fully saturated rings. The van der Waals surface area contributed by atoms with Gasteiger partial charge in [0.05, 0.1) is 17.7 Å². The van der Waals surface area contributed by atoms with Crippen molar-refractivity contribution in [1.82, 2.24) is 20.0 Å². The first-order valence-corrected chi connectivity index (χ1v) is 5.85. The molecular formula is C11H10N6O3. The number of aromatic nitrogens is 4. The average Bonchev–Trinajstić information content (AvgIpc) is 3.06. The SMILES string of the molecule is O=[N+]([O-])c1ccc2oc(NCCn3ccnn3)nc2c1. The van der Waals surface area contributed by atoms with Gasteiger partial charge >= 0.3 is 0 Å². The Hall–Kier alpha value is -2.97. The first-order valence-electron chi connectivity index (χ1n) is 5.85. The number of nitro groups is 1. The van der Waals surface area contributed by atoms with E-state index in [4.69, 9.17) is 4.42 Å². The zero-order valence-electron chi connectivity index (χ0n) is 10.3. The first-order chi connectivity index (χ1) is 9.72. The van der Waals surface area contributed by atoms with Crippen molar-refractivity contribution in [3.63, 3.8) is 0 Å². The standard InChI is InChI=1S/C11H10N6O3/c18-17(19)8-1-2-10-9(7-8)14-11(20-10)12-3-5-16-6-4-13-15-16/h1-2,4,6-7H,3,5H2,(H,12,14). The maximum Gasteiger partial charge on any atom is 0.295 e. The summed E-state index contributed by atoms with van der Waals surface area (Å²) in [6.45, 7) is 1.16. The van der Waals surface area contributed by atoms with Crippen LogP contribution < -0.4 is 5.32 Å². The molecule has 0 saturated heterocycles. The highest BCUT2D eigenvalue weighted by Gasteiger charge is 2.11. The van der Waals surface area contributed by atoms with Crippen molar-refractivity contribution < 1.29 is 9.34 Å². The molecule has 1 aromatic carbocycles. The Bertz CT molecular complexity index is 736. The van der Waals surface area contributed by atoms with Gasteiger partial charge in [-0.25, -0.2) is 0 Å². The Morgan fingerprint density at radius 1 is 1.45 bits per heavy atom. The number of anilines is 1. The van der Waals surface area contributed by atoms with Gasteiger partial charge in [0.25, 0.3) is 11.7 Å². The molecular weight excluding hydrogens is 264 g/mol. The topological polar surface area (TPSA) is 112 Å². The molecule has 0 amide bonds. The molecule has 1 N–H and O–H groups in total. The zero-order valence-corrected chi connectivity index (χ0v) is 10.3. The molecule has 0 aliphatic carbocycles. The Morgan fingerprint density at radius 3 is 3.10 bits per heavy atom. The molecule has 2 aromatic heterocycles. The number of hydrogen-bond donors (Lipinski definition) is 1. The van der Waals surface area contributed by atoms with Gasteiger partial charge in [-0.3, -0.25) is 14.8 Å². The van der Waals surface area contributed by atoms with E-state index in [0.29, 0.717) is 30.2 Å². The molecule has 3 aromatic rings. The Morgan fingerprint density at radius 2 is 2.35 bits per heavy atom. The molecule has 0 saturated carbocycles. The number of oxazole rings is 1. The molecule has 2 heterocycles. The molecule has 0 atom stereocenters. The van der Waals surface area contributed by atoms with E-state index in [1.54, 1.807) is 17.1 Å². The largest absolute Gasteiger partial charge is 0.424 e. The average molecular weight is 274 g/mol. The summed E-state index contributed by atoms with van der Waals surface area (Å²) in [5, 5.41) is 21.2. The van der Waals surface area contributed by atoms with E-state index < -0.39 is 4.92 Å². The predicted molar refractivity (Wildman–Crippen MR) is 69.2 cm³/mol. The second kappa shape index (κ2) is 4.96. The Labute approximate surface area is 112 Å². The summed E-state index contributed by atoms with van der Waals surface area (Å²) in [6.07, 6.45) is 3.34. The highest BCUT2D eigenvalue weighted by atomic mass is 16.6. The second-order valence-corrected chi connectivity index (χ2v) is 4.02. The fraction of sp³-hybridized carbons (Fsp3) is 0.182. The van der Waals surface area contributed by atoms with Crippen LogP contribution in [0, 0.1) is 10.1 Å². The number of hydrogen-bond acceptors (Lipinski definition) is 7. The van der Waals surface area contributed by atoms with Crippen LogP contribution in [0.4, 0.5) is 11.7 Å². The van der Waals surface area contributed by atoms with Gasteiger partial charge < -0.3 is 9.73 Å². The van der Waals surface area contributed by atoms with Gasteiger partial charge in [-0.1, -0.05) is 5.21 Å². The van der Waals surface area contributed by atoms with Crippen LogP contribution in [-0.2, 0) is 6.54 Å². The van der Waals surface area contributed by atoms with Crippen molar-refractivity contribution in [2.24, 2.45) is 0 Å². The summed E-state index contributed by atoms with van der Waals surface area (Å²) in [6, 6.07) is 4.61. The number of rotatable bonds is 5. The number of benzene rings is 1. The first kappa shape index (κ1) is 12.1. The molecule has 20 heavy (non-hydrogen) atoms. The fourth-order valence-corrected chi connectivity index (χ4v) is 1.73. The van der Waals surface area contributed by atoms with Crippen LogP contribution in [0.2, 0.25) is 0 Å². The minimum atomic E-state index is -0.466. The van der Waals surface area contributed by atoms with Gasteiger partial charge in [0.2, 0.25) is 0 Å². The molecule has 9 nitrogen and oxygen atoms in total. The summed E-state index contributed by atoms with van der Waals surface area (Å²) in [5.41, 5.74) is 0.932. The van der Waals surface area contributed by atoms with Crippen LogP contribution in [0.15, 0.2) is 35.0 Å². The normalized spacial score (nSPS) is 10.8. The Kier molecular flexibility index (Phi) is 2.99. The highest BCUT2D eigenvalue weighted by molar-refractivity contribution is 5.77. The van der Waals surface area contributed by atoms with E-state index in [1.807, 2.05) is 0 Å². The second-order valence-electron chi connectivity index (χ2n) is 4.02. The predicted octanol–water partition coefficient (Wildman–Crippen LogP) is 1.44. The molecule has 0 aliphatic heterocycles. The third-order valence-corrected chi connectivity index (χ3v) is 2.67. The number of nitro benzene ring substituents is 1. The summed E-state index contributed by atoms with van der Waals surface area (Å²) in [7, 11) is 0. The number of fused-ring (bicyclic) bond motifs is 1. The number of nitrogens with one attached hydrogen (secondary N) is 1. The summed E-state index contributed by atoms with van der Waals surface area (Å²) >= 11 is 0. The molecule has 0 aliphatic rings.